The Morgan fingerprint density at radius 2 is 1.77 bits per heavy atom. The van der Waals surface area contributed by atoms with Gasteiger partial charge in [0.15, 0.2) is 6.61 Å². The molecule has 0 unspecified atom stereocenters. The van der Waals surface area contributed by atoms with Crippen molar-refractivity contribution in [3.8, 4) is 0 Å². The SMILES string of the molecule is O=C(COC(=O)Cc1c(F)cccc1Cl)Nc1ccccc1C(F)(F)F. The van der Waals surface area contributed by atoms with Crippen LogP contribution in [0.25, 0.3) is 0 Å². The number of hydrogen-bond donors (Lipinski definition) is 1. The van der Waals surface area contributed by atoms with Crippen LogP contribution in [0.15, 0.2) is 42.5 Å². The van der Waals surface area contributed by atoms with Gasteiger partial charge in [0.05, 0.1) is 17.7 Å². The highest BCUT2D eigenvalue weighted by Crippen LogP contribution is 2.34. The van der Waals surface area contributed by atoms with Crippen molar-refractivity contribution in [2.75, 3.05) is 11.9 Å². The zero-order chi connectivity index (χ0) is 19.3. The fourth-order valence-corrected chi connectivity index (χ4v) is 2.30. The molecule has 0 saturated heterocycles. The first-order chi connectivity index (χ1) is 12.2. The molecule has 138 valence electrons. The van der Waals surface area contributed by atoms with E-state index in [1.807, 2.05) is 5.32 Å². The second-order valence-corrected chi connectivity index (χ2v) is 5.54. The van der Waals surface area contributed by atoms with Crippen LogP contribution in [-0.4, -0.2) is 18.5 Å². The van der Waals surface area contributed by atoms with Gasteiger partial charge in [0.25, 0.3) is 5.91 Å². The van der Waals surface area contributed by atoms with Gasteiger partial charge in [0, 0.05) is 10.6 Å². The van der Waals surface area contributed by atoms with Crippen LogP contribution >= 0.6 is 11.6 Å². The van der Waals surface area contributed by atoms with Crippen molar-refractivity contribution in [2.45, 2.75) is 12.6 Å². The number of carbonyl (C=O) groups is 2. The molecule has 9 heteroatoms. The molecule has 0 radical (unpaired) electrons. The van der Waals surface area contributed by atoms with Crippen LogP contribution in [0.1, 0.15) is 11.1 Å². The molecule has 0 aliphatic heterocycles. The molecular weight excluding hydrogens is 378 g/mol. The number of amides is 1. The van der Waals surface area contributed by atoms with E-state index in [0.717, 1.165) is 18.2 Å². The number of para-hydroxylation sites is 1. The third-order valence-corrected chi connectivity index (χ3v) is 3.61. The number of carbonyl (C=O) groups excluding carboxylic acids is 2. The Labute approximate surface area is 150 Å². The van der Waals surface area contributed by atoms with Gasteiger partial charge in [0.1, 0.15) is 5.82 Å². The maximum absolute atomic E-state index is 13.6. The maximum Gasteiger partial charge on any atom is 0.418 e. The summed E-state index contributed by atoms with van der Waals surface area (Å²) in [5.74, 6) is -2.62. The van der Waals surface area contributed by atoms with E-state index in [1.165, 1.54) is 24.3 Å². The number of esters is 1. The molecule has 0 fully saturated rings. The fraction of sp³-hybridized carbons (Fsp3) is 0.176. The van der Waals surface area contributed by atoms with Gasteiger partial charge in [-0.1, -0.05) is 29.8 Å². The predicted molar refractivity (Wildman–Crippen MR) is 86.1 cm³/mol. The van der Waals surface area contributed by atoms with Crippen molar-refractivity contribution in [1.29, 1.82) is 0 Å². The van der Waals surface area contributed by atoms with Crippen molar-refractivity contribution < 1.29 is 31.9 Å². The van der Waals surface area contributed by atoms with Gasteiger partial charge in [-0.05, 0) is 24.3 Å². The average molecular weight is 390 g/mol. The first kappa shape index (κ1) is 19.7. The number of rotatable bonds is 5. The van der Waals surface area contributed by atoms with E-state index >= 15 is 0 Å². The zero-order valence-corrected chi connectivity index (χ0v) is 13.8. The van der Waals surface area contributed by atoms with Gasteiger partial charge in [0.2, 0.25) is 0 Å². The summed E-state index contributed by atoms with van der Waals surface area (Å²) in [7, 11) is 0. The van der Waals surface area contributed by atoms with E-state index in [2.05, 4.69) is 4.74 Å². The lowest BCUT2D eigenvalue weighted by molar-refractivity contribution is -0.146. The molecular formula is C17H12ClF4NO3. The third-order valence-electron chi connectivity index (χ3n) is 3.25. The zero-order valence-electron chi connectivity index (χ0n) is 13.1. The number of hydrogen-bond acceptors (Lipinski definition) is 3. The Morgan fingerprint density at radius 1 is 1.08 bits per heavy atom. The van der Waals surface area contributed by atoms with Crippen LogP contribution in [0.5, 0.6) is 0 Å². The molecule has 2 aromatic rings. The van der Waals surface area contributed by atoms with Crippen molar-refractivity contribution in [2.24, 2.45) is 0 Å². The van der Waals surface area contributed by atoms with Crippen LogP contribution in [-0.2, 0) is 26.9 Å². The van der Waals surface area contributed by atoms with Crippen LogP contribution < -0.4 is 5.32 Å². The topological polar surface area (TPSA) is 55.4 Å². The monoisotopic (exact) mass is 389 g/mol. The highest BCUT2D eigenvalue weighted by molar-refractivity contribution is 6.31. The highest BCUT2D eigenvalue weighted by atomic mass is 35.5. The molecule has 0 aliphatic rings. The Hall–Kier alpha value is -2.61. The van der Waals surface area contributed by atoms with Gasteiger partial charge in [-0.15, -0.1) is 0 Å². The summed E-state index contributed by atoms with van der Waals surface area (Å²) in [6, 6.07) is 8.22. The van der Waals surface area contributed by atoms with Crippen molar-refractivity contribution in [1.82, 2.24) is 0 Å². The van der Waals surface area contributed by atoms with Crippen molar-refractivity contribution in [3.63, 3.8) is 0 Å². The van der Waals surface area contributed by atoms with Crippen LogP contribution in [0.4, 0.5) is 23.2 Å². The molecule has 2 aromatic carbocycles. The molecule has 26 heavy (non-hydrogen) atoms. The summed E-state index contributed by atoms with van der Waals surface area (Å²) >= 11 is 5.77. The number of ether oxygens (including phenoxy) is 1. The molecule has 1 amide bonds. The molecule has 0 saturated carbocycles. The number of alkyl halides is 3. The number of benzene rings is 2. The molecule has 0 aromatic heterocycles. The van der Waals surface area contributed by atoms with E-state index in [0.29, 0.717) is 0 Å². The molecule has 0 bridgehead atoms. The Morgan fingerprint density at radius 3 is 2.42 bits per heavy atom. The van der Waals surface area contributed by atoms with Crippen molar-refractivity contribution >= 4 is 29.2 Å². The normalized spacial score (nSPS) is 11.1. The number of anilines is 1. The lowest BCUT2D eigenvalue weighted by Crippen LogP contribution is -2.23. The fourth-order valence-electron chi connectivity index (χ4n) is 2.07. The van der Waals surface area contributed by atoms with Gasteiger partial charge in [-0.25, -0.2) is 4.39 Å². The van der Waals surface area contributed by atoms with Gasteiger partial charge in [-0.3, -0.25) is 9.59 Å². The number of halogens is 5. The first-order valence-electron chi connectivity index (χ1n) is 7.23. The third kappa shape index (κ3) is 5.19. The molecule has 0 heterocycles. The average Bonchev–Trinajstić information content (AvgIpc) is 2.56. The Bertz CT molecular complexity index is 804. The van der Waals surface area contributed by atoms with Gasteiger partial charge >= 0.3 is 12.1 Å². The highest BCUT2D eigenvalue weighted by Gasteiger charge is 2.33. The summed E-state index contributed by atoms with van der Waals surface area (Å²) in [4.78, 5) is 23.4. The smallest absolute Gasteiger partial charge is 0.418 e. The lowest BCUT2D eigenvalue weighted by atomic mass is 10.1. The Balaban J connectivity index is 1.95. The molecule has 4 nitrogen and oxygen atoms in total. The summed E-state index contributed by atoms with van der Waals surface area (Å²) in [6.07, 6.45) is -5.17. The second kappa shape index (κ2) is 8.18. The molecule has 0 spiro atoms. The standard InChI is InChI=1S/C17H12ClF4NO3/c18-12-5-3-6-13(19)10(12)8-16(25)26-9-15(24)23-14-7-2-1-4-11(14)17(20,21)22/h1-7H,8-9H2,(H,23,24). The summed E-state index contributed by atoms with van der Waals surface area (Å²) < 4.78 is 56.8. The quantitative estimate of drug-likeness (QED) is 0.615. The molecule has 0 atom stereocenters. The van der Waals surface area contributed by atoms with Crippen LogP contribution in [0.3, 0.4) is 0 Å². The second-order valence-electron chi connectivity index (χ2n) is 5.13. The van der Waals surface area contributed by atoms with Gasteiger partial charge < -0.3 is 10.1 Å². The summed E-state index contributed by atoms with van der Waals surface area (Å²) in [5, 5.41) is 2.04. The molecule has 2 rings (SSSR count). The summed E-state index contributed by atoms with van der Waals surface area (Å²) in [6.45, 7) is -0.822. The largest absolute Gasteiger partial charge is 0.455 e. The van der Waals surface area contributed by atoms with E-state index in [-0.39, 0.29) is 10.6 Å². The van der Waals surface area contributed by atoms with Gasteiger partial charge in [-0.2, -0.15) is 13.2 Å². The summed E-state index contributed by atoms with van der Waals surface area (Å²) in [5.41, 5.74) is -1.59. The van der Waals surface area contributed by atoms with Crippen LogP contribution in [0, 0.1) is 5.82 Å². The van der Waals surface area contributed by atoms with Crippen LogP contribution in [0.2, 0.25) is 5.02 Å². The molecule has 0 aliphatic carbocycles. The van der Waals surface area contributed by atoms with E-state index in [1.54, 1.807) is 0 Å². The predicted octanol–water partition coefficient (Wildman–Crippen LogP) is 4.22. The van der Waals surface area contributed by atoms with E-state index in [4.69, 9.17) is 11.6 Å². The number of nitrogens with one attached hydrogen (secondary N) is 1. The molecule has 1 N–H and O–H groups in total. The van der Waals surface area contributed by atoms with Crippen molar-refractivity contribution in [3.05, 3.63) is 64.4 Å². The lowest BCUT2D eigenvalue weighted by Gasteiger charge is -2.13. The minimum absolute atomic E-state index is 0.0190. The van der Waals surface area contributed by atoms with E-state index < -0.39 is 48.1 Å². The minimum atomic E-state index is -4.65. The first-order valence-corrected chi connectivity index (χ1v) is 7.61. The minimum Gasteiger partial charge on any atom is -0.455 e. The Kier molecular flexibility index (Phi) is 6.20. The maximum atomic E-state index is 13.6. The van der Waals surface area contributed by atoms with E-state index in [9.17, 15) is 27.2 Å².